The molecule has 1 aliphatic carbocycles. The van der Waals surface area contributed by atoms with Gasteiger partial charge < -0.3 is 20.5 Å². The Morgan fingerprint density at radius 3 is 2.30 bits per heavy atom. The van der Waals surface area contributed by atoms with Crippen LogP contribution in [0.3, 0.4) is 0 Å². The lowest BCUT2D eigenvalue weighted by atomic mass is 9.91. The monoisotopic (exact) mass is 373 g/mol. The van der Waals surface area contributed by atoms with Gasteiger partial charge in [0, 0.05) is 18.3 Å². The molecule has 0 saturated heterocycles. The number of ether oxygens (including phenoxy) is 1. The van der Waals surface area contributed by atoms with Gasteiger partial charge in [-0.2, -0.15) is 0 Å². The summed E-state index contributed by atoms with van der Waals surface area (Å²) in [5, 5.41) is 14.2. The van der Waals surface area contributed by atoms with Gasteiger partial charge >= 0.3 is 6.09 Å². The first-order valence-corrected chi connectivity index (χ1v) is 8.70. The molecule has 7 nitrogen and oxygen atoms in total. The molecule has 0 aliphatic heterocycles. The number of nitrogens with one attached hydrogen (secondary N) is 2. The van der Waals surface area contributed by atoms with Crippen LogP contribution in [0.15, 0.2) is 42.6 Å². The first-order valence-electron chi connectivity index (χ1n) is 8.70. The van der Waals surface area contributed by atoms with E-state index in [0.29, 0.717) is 31.4 Å². The van der Waals surface area contributed by atoms with Gasteiger partial charge in [0.15, 0.2) is 0 Å². The van der Waals surface area contributed by atoms with Crippen LogP contribution in [0, 0.1) is 5.82 Å². The van der Waals surface area contributed by atoms with Crippen LogP contribution in [0.5, 0.6) is 11.6 Å². The maximum Gasteiger partial charge on any atom is 0.404 e. The van der Waals surface area contributed by atoms with E-state index in [1.807, 2.05) is 0 Å². The Balaban J connectivity index is 1.62. The first-order chi connectivity index (χ1) is 13.0. The molecule has 1 aromatic heterocycles. The van der Waals surface area contributed by atoms with E-state index in [0.717, 1.165) is 0 Å². The van der Waals surface area contributed by atoms with E-state index < -0.39 is 6.09 Å². The Morgan fingerprint density at radius 1 is 1.04 bits per heavy atom. The molecular weight excluding hydrogens is 353 g/mol. The molecule has 1 aliphatic rings. The molecular formula is C19H20FN3O4. The molecule has 1 saturated carbocycles. The van der Waals surface area contributed by atoms with Crippen molar-refractivity contribution in [2.24, 2.45) is 0 Å². The Hall–Kier alpha value is -3.16. The van der Waals surface area contributed by atoms with Crippen molar-refractivity contribution in [1.29, 1.82) is 0 Å². The summed E-state index contributed by atoms with van der Waals surface area (Å²) in [5.41, 5.74) is 0.285. The maximum atomic E-state index is 13.0. The number of carbonyl (C=O) groups excluding carboxylic acids is 1. The van der Waals surface area contributed by atoms with E-state index in [-0.39, 0.29) is 35.3 Å². The zero-order chi connectivity index (χ0) is 19.2. The number of carbonyl (C=O) groups is 2. The molecule has 0 spiro atoms. The lowest BCUT2D eigenvalue weighted by molar-refractivity contribution is 0.0920. The summed E-state index contributed by atoms with van der Waals surface area (Å²) < 4.78 is 18.6. The number of benzene rings is 1. The molecule has 2 aromatic rings. The second kappa shape index (κ2) is 8.48. The van der Waals surface area contributed by atoms with E-state index in [1.165, 1.54) is 30.5 Å². The third-order valence-electron chi connectivity index (χ3n) is 4.43. The van der Waals surface area contributed by atoms with E-state index in [2.05, 4.69) is 15.6 Å². The molecule has 1 fully saturated rings. The van der Waals surface area contributed by atoms with Gasteiger partial charge in [-0.15, -0.1) is 0 Å². The van der Waals surface area contributed by atoms with Crippen molar-refractivity contribution in [1.82, 2.24) is 15.6 Å². The molecule has 8 heteroatoms. The third kappa shape index (κ3) is 5.16. The molecule has 27 heavy (non-hydrogen) atoms. The summed E-state index contributed by atoms with van der Waals surface area (Å²) in [6.07, 6.45) is 3.20. The van der Waals surface area contributed by atoms with E-state index in [1.54, 1.807) is 12.1 Å². The van der Waals surface area contributed by atoms with Crippen molar-refractivity contribution >= 4 is 12.0 Å². The van der Waals surface area contributed by atoms with Crippen LogP contribution in [-0.4, -0.2) is 34.2 Å². The van der Waals surface area contributed by atoms with Crippen LogP contribution in [0.2, 0.25) is 0 Å². The molecule has 0 unspecified atom stereocenters. The molecule has 0 radical (unpaired) electrons. The predicted octanol–water partition coefficient (Wildman–Crippen LogP) is 3.32. The first kappa shape index (κ1) is 18.6. The highest BCUT2D eigenvalue weighted by atomic mass is 19.1. The molecule has 0 bridgehead atoms. The molecule has 1 aromatic carbocycles. The third-order valence-corrected chi connectivity index (χ3v) is 4.43. The SMILES string of the molecule is O=C(O)NC1CCC(NC(=O)c2cccnc2Oc2ccc(F)cc2)CC1. The van der Waals surface area contributed by atoms with Crippen LogP contribution in [0.4, 0.5) is 9.18 Å². The highest BCUT2D eigenvalue weighted by molar-refractivity contribution is 5.96. The van der Waals surface area contributed by atoms with Crippen molar-refractivity contribution in [3.8, 4) is 11.6 Å². The van der Waals surface area contributed by atoms with Gasteiger partial charge in [-0.3, -0.25) is 4.79 Å². The fourth-order valence-electron chi connectivity index (χ4n) is 3.08. The summed E-state index contributed by atoms with van der Waals surface area (Å²) in [6, 6.07) is 8.59. The highest BCUT2D eigenvalue weighted by Gasteiger charge is 2.25. The number of rotatable bonds is 5. The molecule has 3 N–H and O–H groups in total. The zero-order valence-corrected chi connectivity index (χ0v) is 14.5. The summed E-state index contributed by atoms with van der Waals surface area (Å²) in [7, 11) is 0. The van der Waals surface area contributed by atoms with Crippen molar-refractivity contribution in [2.45, 2.75) is 37.8 Å². The van der Waals surface area contributed by atoms with Gasteiger partial charge in [-0.1, -0.05) is 0 Å². The minimum Gasteiger partial charge on any atom is -0.465 e. The largest absolute Gasteiger partial charge is 0.465 e. The second-order valence-corrected chi connectivity index (χ2v) is 6.38. The van der Waals surface area contributed by atoms with Crippen molar-refractivity contribution < 1.29 is 23.8 Å². The van der Waals surface area contributed by atoms with Gasteiger partial charge in [-0.05, 0) is 62.1 Å². The highest BCUT2D eigenvalue weighted by Crippen LogP contribution is 2.24. The Morgan fingerprint density at radius 2 is 1.67 bits per heavy atom. The molecule has 2 amide bonds. The zero-order valence-electron chi connectivity index (χ0n) is 14.5. The topological polar surface area (TPSA) is 101 Å². The van der Waals surface area contributed by atoms with Gasteiger partial charge in [0.2, 0.25) is 5.88 Å². The molecule has 3 rings (SSSR count). The molecule has 1 heterocycles. The lowest BCUT2D eigenvalue weighted by Gasteiger charge is -2.29. The van der Waals surface area contributed by atoms with Crippen LogP contribution < -0.4 is 15.4 Å². The number of hydrogen-bond acceptors (Lipinski definition) is 4. The van der Waals surface area contributed by atoms with Crippen molar-refractivity contribution in [2.75, 3.05) is 0 Å². The Bertz CT molecular complexity index is 805. The van der Waals surface area contributed by atoms with Crippen LogP contribution in [-0.2, 0) is 0 Å². The fraction of sp³-hybridized carbons (Fsp3) is 0.316. The molecule has 0 atom stereocenters. The Kier molecular flexibility index (Phi) is 5.85. The average Bonchev–Trinajstić information content (AvgIpc) is 2.65. The second-order valence-electron chi connectivity index (χ2n) is 6.38. The van der Waals surface area contributed by atoms with Gasteiger partial charge in [0.05, 0.1) is 0 Å². The van der Waals surface area contributed by atoms with Crippen molar-refractivity contribution in [3.05, 3.63) is 54.0 Å². The summed E-state index contributed by atoms with van der Waals surface area (Å²) >= 11 is 0. The lowest BCUT2D eigenvalue weighted by Crippen LogP contribution is -2.43. The van der Waals surface area contributed by atoms with E-state index >= 15 is 0 Å². The van der Waals surface area contributed by atoms with Gasteiger partial charge in [-0.25, -0.2) is 14.2 Å². The fourth-order valence-corrected chi connectivity index (χ4v) is 3.08. The smallest absolute Gasteiger partial charge is 0.404 e. The number of halogens is 1. The Labute approximate surface area is 155 Å². The van der Waals surface area contributed by atoms with Crippen molar-refractivity contribution in [3.63, 3.8) is 0 Å². The van der Waals surface area contributed by atoms with Gasteiger partial charge in [0.1, 0.15) is 17.1 Å². The number of hydrogen-bond donors (Lipinski definition) is 3. The van der Waals surface area contributed by atoms with E-state index in [9.17, 15) is 14.0 Å². The van der Waals surface area contributed by atoms with Crippen LogP contribution >= 0.6 is 0 Å². The summed E-state index contributed by atoms with van der Waals surface area (Å²) in [5.74, 6) is -0.170. The number of aromatic nitrogens is 1. The quantitative estimate of drug-likeness (QED) is 0.746. The minimum atomic E-state index is -1.03. The molecule has 142 valence electrons. The standard InChI is InChI=1S/C19H20FN3O4/c20-12-3-9-15(10-4-12)27-18-16(2-1-11-21-18)17(24)22-13-5-7-14(8-6-13)23-19(25)26/h1-4,9-11,13-14,23H,5-8H2,(H,22,24)(H,25,26). The normalized spacial score (nSPS) is 19.1. The number of pyridine rings is 1. The van der Waals surface area contributed by atoms with Crippen LogP contribution in [0.25, 0.3) is 0 Å². The predicted molar refractivity (Wildman–Crippen MR) is 95.4 cm³/mol. The average molecular weight is 373 g/mol. The summed E-state index contributed by atoms with van der Waals surface area (Å²) in [4.78, 5) is 27.4. The minimum absolute atomic E-state index is 0.0387. The van der Waals surface area contributed by atoms with Crippen LogP contribution in [0.1, 0.15) is 36.0 Å². The van der Waals surface area contributed by atoms with E-state index in [4.69, 9.17) is 9.84 Å². The maximum absolute atomic E-state index is 13.0. The van der Waals surface area contributed by atoms with Gasteiger partial charge in [0.25, 0.3) is 5.91 Å². The number of nitrogens with zero attached hydrogens (tertiary/aromatic N) is 1. The summed E-state index contributed by atoms with van der Waals surface area (Å²) in [6.45, 7) is 0. The number of carboxylic acid groups (broad SMARTS) is 1. The number of amides is 2.